The number of nitrogens with zero attached hydrogens (tertiary/aromatic N) is 2. The lowest BCUT2D eigenvalue weighted by atomic mass is 10.2. The van der Waals surface area contributed by atoms with Crippen molar-refractivity contribution in [1.82, 2.24) is 0 Å². The maximum absolute atomic E-state index is 5.75. The van der Waals surface area contributed by atoms with E-state index in [0.717, 1.165) is 34.4 Å². The van der Waals surface area contributed by atoms with Crippen molar-refractivity contribution in [2.45, 2.75) is 52.7 Å². The van der Waals surface area contributed by atoms with Gasteiger partial charge in [-0.2, -0.15) is 10.2 Å². The normalized spacial score (nSPS) is 11.4. The zero-order valence-electron chi connectivity index (χ0n) is 22.5. The zero-order valence-corrected chi connectivity index (χ0v) is 22.5. The fourth-order valence-electron chi connectivity index (χ4n) is 3.10. The molecule has 0 spiro atoms. The van der Waals surface area contributed by atoms with E-state index in [1.807, 2.05) is 151 Å². The molecule has 0 unspecified atom stereocenters. The van der Waals surface area contributed by atoms with Crippen LogP contribution in [0.25, 0.3) is 0 Å². The summed E-state index contributed by atoms with van der Waals surface area (Å²) in [5, 5.41) is 8.35. The van der Waals surface area contributed by atoms with E-state index in [4.69, 9.17) is 14.2 Å². The molecule has 0 saturated heterocycles. The minimum atomic E-state index is -0.187. The minimum Gasteiger partial charge on any atom is -0.488 e. The molecule has 4 aromatic carbocycles. The predicted molar refractivity (Wildman–Crippen MR) is 151 cm³/mol. The molecule has 0 saturated carbocycles. The van der Waals surface area contributed by atoms with E-state index in [-0.39, 0.29) is 11.2 Å². The quantitative estimate of drug-likeness (QED) is 0.250. The van der Waals surface area contributed by atoms with Crippen molar-refractivity contribution in [3.63, 3.8) is 0 Å². The molecule has 0 amide bonds. The highest BCUT2D eigenvalue weighted by molar-refractivity contribution is 5.42. The molecule has 0 aliphatic heterocycles. The Hall–Kier alpha value is -4.12. The van der Waals surface area contributed by atoms with E-state index in [1.165, 1.54) is 0 Å². The number of para-hydroxylation sites is 1. The number of ether oxygens (including phenoxy) is 3. The Morgan fingerprint density at radius 1 is 0.405 bits per heavy atom. The predicted octanol–water partition coefficient (Wildman–Crippen LogP) is 9.94. The van der Waals surface area contributed by atoms with Crippen LogP contribution in [0.15, 0.2) is 119 Å². The van der Waals surface area contributed by atoms with Gasteiger partial charge in [-0.3, -0.25) is 0 Å². The van der Waals surface area contributed by atoms with Crippen molar-refractivity contribution >= 4 is 11.4 Å². The molecule has 5 heteroatoms. The van der Waals surface area contributed by atoms with Crippen LogP contribution in [0.5, 0.6) is 23.0 Å². The summed E-state index contributed by atoms with van der Waals surface area (Å²) < 4.78 is 17.2. The molecule has 0 radical (unpaired) electrons. The lowest BCUT2D eigenvalue weighted by Crippen LogP contribution is -2.22. The average molecular weight is 497 g/mol. The van der Waals surface area contributed by atoms with Crippen LogP contribution in [0.1, 0.15) is 41.5 Å². The summed E-state index contributed by atoms with van der Waals surface area (Å²) in [5.74, 6) is 3.33. The van der Waals surface area contributed by atoms with Gasteiger partial charge in [-0.15, -0.1) is 0 Å². The highest BCUT2D eigenvalue weighted by Gasteiger charge is 2.12. The summed E-state index contributed by atoms with van der Waals surface area (Å²) in [7, 11) is 0. The van der Waals surface area contributed by atoms with Gasteiger partial charge < -0.3 is 14.2 Å². The summed E-state index contributed by atoms with van der Waals surface area (Å²) in [6.07, 6.45) is 0. The second-order valence-electron chi connectivity index (χ2n) is 10.3. The van der Waals surface area contributed by atoms with Gasteiger partial charge in [0.15, 0.2) is 0 Å². The van der Waals surface area contributed by atoms with Crippen LogP contribution in [-0.4, -0.2) is 11.2 Å². The van der Waals surface area contributed by atoms with Crippen LogP contribution in [-0.2, 0) is 0 Å². The lowest BCUT2D eigenvalue weighted by Gasteiger charge is -2.21. The summed E-state index contributed by atoms with van der Waals surface area (Å²) in [5.41, 5.74) is 1.29. The molecule has 37 heavy (non-hydrogen) atoms. The standard InChI is InChI=1S/C16H18N2O.C16H18O2/c1-16(2,3)19-15-11-9-14(10-12-15)18-17-13-7-5-4-6-8-13;1-16(2,3)18-15-11-9-14(10-12-15)17-13-7-5-4-6-8-13/h4-12H,1-3H3;4-12H,1-3H3. The second kappa shape index (κ2) is 12.7. The van der Waals surface area contributed by atoms with Crippen molar-refractivity contribution in [3.05, 3.63) is 109 Å². The Kier molecular flexibility index (Phi) is 9.45. The fraction of sp³-hybridized carbons (Fsp3) is 0.250. The summed E-state index contributed by atoms with van der Waals surface area (Å²) >= 11 is 0. The van der Waals surface area contributed by atoms with Gasteiger partial charge in [0.05, 0.1) is 11.4 Å². The summed E-state index contributed by atoms with van der Waals surface area (Å²) in [6.45, 7) is 12.2. The first-order chi connectivity index (χ1) is 17.6. The minimum absolute atomic E-state index is 0.179. The van der Waals surface area contributed by atoms with Gasteiger partial charge in [0, 0.05) is 0 Å². The van der Waals surface area contributed by atoms with E-state index >= 15 is 0 Å². The Morgan fingerprint density at radius 2 is 0.757 bits per heavy atom. The molecular weight excluding hydrogens is 460 g/mol. The van der Waals surface area contributed by atoms with Gasteiger partial charge in [-0.05, 0) is 114 Å². The SMILES string of the molecule is CC(C)(C)Oc1ccc(N=Nc2ccccc2)cc1.CC(C)(C)Oc1ccc(Oc2ccccc2)cc1. The van der Waals surface area contributed by atoms with Crippen molar-refractivity contribution in [3.8, 4) is 23.0 Å². The molecule has 4 aromatic rings. The van der Waals surface area contributed by atoms with Gasteiger partial charge in [-0.1, -0.05) is 36.4 Å². The molecule has 0 aliphatic carbocycles. The summed E-state index contributed by atoms with van der Waals surface area (Å²) in [6, 6.07) is 34.7. The number of rotatable bonds is 6. The van der Waals surface area contributed by atoms with E-state index in [2.05, 4.69) is 10.2 Å². The number of hydrogen-bond donors (Lipinski definition) is 0. The maximum atomic E-state index is 5.75. The van der Waals surface area contributed by atoms with Gasteiger partial charge in [0.25, 0.3) is 0 Å². The molecule has 192 valence electrons. The van der Waals surface area contributed by atoms with Gasteiger partial charge in [0.1, 0.15) is 34.2 Å². The molecule has 0 N–H and O–H groups in total. The maximum Gasteiger partial charge on any atom is 0.127 e. The molecule has 0 bridgehead atoms. The van der Waals surface area contributed by atoms with Gasteiger partial charge >= 0.3 is 0 Å². The Labute approximate surface area is 220 Å². The number of hydrogen-bond acceptors (Lipinski definition) is 5. The molecule has 5 nitrogen and oxygen atoms in total. The first-order valence-electron chi connectivity index (χ1n) is 12.3. The van der Waals surface area contributed by atoms with E-state index in [1.54, 1.807) is 0 Å². The molecule has 4 rings (SSSR count). The smallest absolute Gasteiger partial charge is 0.127 e. The van der Waals surface area contributed by atoms with Crippen LogP contribution in [0.3, 0.4) is 0 Å². The zero-order chi connectivity index (χ0) is 26.7. The van der Waals surface area contributed by atoms with Crippen molar-refractivity contribution in [2.75, 3.05) is 0 Å². The third kappa shape index (κ3) is 11.0. The number of azo groups is 1. The van der Waals surface area contributed by atoms with E-state index in [9.17, 15) is 0 Å². The number of benzene rings is 4. The largest absolute Gasteiger partial charge is 0.488 e. The van der Waals surface area contributed by atoms with Crippen molar-refractivity contribution in [1.29, 1.82) is 0 Å². The Balaban J connectivity index is 0.000000206. The van der Waals surface area contributed by atoms with Gasteiger partial charge in [-0.25, -0.2) is 0 Å². The lowest BCUT2D eigenvalue weighted by molar-refractivity contribution is 0.130. The first-order valence-corrected chi connectivity index (χ1v) is 12.3. The molecule has 0 aromatic heterocycles. The molecule has 0 aliphatic rings. The van der Waals surface area contributed by atoms with Crippen LogP contribution in [0, 0.1) is 0 Å². The Morgan fingerprint density at radius 3 is 1.22 bits per heavy atom. The molecule has 0 heterocycles. The highest BCUT2D eigenvalue weighted by atomic mass is 16.5. The van der Waals surface area contributed by atoms with Crippen molar-refractivity contribution in [2.24, 2.45) is 10.2 Å². The van der Waals surface area contributed by atoms with Crippen LogP contribution >= 0.6 is 0 Å². The van der Waals surface area contributed by atoms with E-state index < -0.39 is 0 Å². The fourth-order valence-corrected chi connectivity index (χ4v) is 3.10. The second-order valence-corrected chi connectivity index (χ2v) is 10.3. The van der Waals surface area contributed by atoms with Crippen LogP contribution < -0.4 is 14.2 Å². The van der Waals surface area contributed by atoms with Crippen LogP contribution in [0.2, 0.25) is 0 Å². The van der Waals surface area contributed by atoms with Gasteiger partial charge in [0.2, 0.25) is 0 Å². The third-order valence-corrected chi connectivity index (χ3v) is 4.52. The summed E-state index contributed by atoms with van der Waals surface area (Å²) in [4.78, 5) is 0. The first kappa shape index (κ1) is 27.5. The Bertz CT molecular complexity index is 1220. The molecular formula is C32H36N2O3. The monoisotopic (exact) mass is 496 g/mol. The topological polar surface area (TPSA) is 52.4 Å². The van der Waals surface area contributed by atoms with E-state index in [0.29, 0.717) is 0 Å². The molecule has 0 fully saturated rings. The third-order valence-electron chi connectivity index (χ3n) is 4.52. The molecule has 0 atom stereocenters. The average Bonchev–Trinajstić information content (AvgIpc) is 2.85. The van der Waals surface area contributed by atoms with Crippen LogP contribution in [0.4, 0.5) is 11.4 Å². The van der Waals surface area contributed by atoms with Crippen molar-refractivity contribution < 1.29 is 14.2 Å². The highest BCUT2D eigenvalue weighted by Crippen LogP contribution is 2.26.